The highest BCUT2D eigenvalue weighted by Gasteiger charge is 2.30. The second-order valence-corrected chi connectivity index (χ2v) is 7.95. The zero-order valence-corrected chi connectivity index (χ0v) is 16.7. The molecule has 1 aliphatic carbocycles. The molecule has 0 N–H and O–H groups in total. The summed E-state index contributed by atoms with van der Waals surface area (Å²) in [7, 11) is 0. The first kappa shape index (κ1) is 22.4. The molecule has 0 aliphatic heterocycles. The van der Waals surface area contributed by atoms with Crippen LogP contribution in [0.15, 0.2) is 42.5 Å². The number of halogens is 6. The average molecular weight is 426 g/mol. The van der Waals surface area contributed by atoms with Gasteiger partial charge in [-0.1, -0.05) is 38.0 Å². The van der Waals surface area contributed by atoms with Crippen molar-refractivity contribution in [2.75, 3.05) is 0 Å². The molecule has 2 aromatic carbocycles. The molecule has 1 saturated carbocycles. The van der Waals surface area contributed by atoms with Crippen LogP contribution < -0.4 is 0 Å². The summed E-state index contributed by atoms with van der Waals surface area (Å²) in [5.41, 5.74) is -1.10. The number of rotatable bonds is 5. The third-order valence-electron chi connectivity index (χ3n) is 5.90. The summed E-state index contributed by atoms with van der Waals surface area (Å²) in [5, 5.41) is 0. The minimum Gasteiger partial charge on any atom is -0.206 e. The second-order valence-electron chi connectivity index (χ2n) is 7.95. The molecule has 0 radical (unpaired) electrons. The van der Waals surface area contributed by atoms with Gasteiger partial charge in [-0.25, -0.2) is 13.2 Å². The lowest BCUT2D eigenvalue weighted by molar-refractivity contribution is -0.137. The van der Waals surface area contributed by atoms with Gasteiger partial charge in [-0.05, 0) is 67.3 Å². The molecule has 1 fully saturated rings. The molecule has 1 aliphatic rings. The van der Waals surface area contributed by atoms with E-state index >= 15 is 0 Å². The van der Waals surface area contributed by atoms with Gasteiger partial charge in [0, 0.05) is 11.1 Å². The van der Waals surface area contributed by atoms with Crippen LogP contribution in [-0.2, 0) is 6.18 Å². The van der Waals surface area contributed by atoms with Crippen LogP contribution in [0.3, 0.4) is 0 Å². The average Bonchev–Trinajstić information content (AvgIpc) is 2.73. The summed E-state index contributed by atoms with van der Waals surface area (Å²) in [6.07, 6.45) is 1.82. The van der Waals surface area contributed by atoms with Gasteiger partial charge < -0.3 is 0 Å². The Labute approximate surface area is 172 Å². The molecule has 0 saturated heterocycles. The molecule has 3 rings (SSSR count). The number of benzene rings is 2. The molecular formula is C24H24F6. The lowest BCUT2D eigenvalue weighted by Crippen LogP contribution is -2.13. The Morgan fingerprint density at radius 1 is 0.900 bits per heavy atom. The molecule has 6 heteroatoms. The van der Waals surface area contributed by atoms with Crippen molar-refractivity contribution < 1.29 is 26.3 Å². The maximum atomic E-state index is 14.6. The monoisotopic (exact) mass is 426 g/mol. The normalized spacial score (nSPS) is 20.8. The van der Waals surface area contributed by atoms with Crippen LogP contribution in [0.2, 0.25) is 0 Å². The lowest BCUT2D eigenvalue weighted by atomic mass is 9.77. The van der Waals surface area contributed by atoms with E-state index in [-0.39, 0.29) is 11.5 Å². The van der Waals surface area contributed by atoms with Crippen LogP contribution in [0, 0.1) is 11.7 Å². The van der Waals surface area contributed by atoms with E-state index in [1.165, 1.54) is 18.6 Å². The van der Waals surface area contributed by atoms with Gasteiger partial charge in [-0.2, -0.15) is 13.2 Å². The number of alkyl halides is 3. The van der Waals surface area contributed by atoms with Gasteiger partial charge in [-0.3, -0.25) is 0 Å². The van der Waals surface area contributed by atoms with Gasteiger partial charge in [0.15, 0.2) is 11.7 Å². The molecule has 162 valence electrons. The van der Waals surface area contributed by atoms with E-state index in [1.54, 1.807) is 6.07 Å². The Morgan fingerprint density at radius 2 is 1.53 bits per heavy atom. The molecule has 0 amide bonds. The van der Waals surface area contributed by atoms with Crippen LogP contribution >= 0.6 is 0 Å². The first-order valence-corrected chi connectivity index (χ1v) is 10.2. The summed E-state index contributed by atoms with van der Waals surface area (Å²) >= 11 is 0. The maximum Gasteiger partial charge on any atom is 0.416 e. The first-order valence-electron chi connectivity index (χ1n) is 10.2. The largest absolute Gasteiger partial charge is 0.416 e. The van der Waals surface area contributed by atoms with E-state index in [4.69, 9.17) is 0 Å². The van der Waals surface area contributed by atoms with Gasteiger partial charge >= 0.3 is 6.18 Å². The van der Waals surface area contributed by atoms with Crippen LogP contribution in [0.1, 0.15) is 73.6 Å². The van der Waals surface area contributed by atoms with Crippen LogP contribution in [-0.4, -0.2) is 0 Å². The third-order valence-corrected chi connectivity index (χ3v) is 5.90. The molecule has 0 unspecified atom stereocenters. The standard InChI is InChI=1S/C24H24F6/c1-2-3-15-4-6-16(7-5-15)18-10-13-20(21(25)14-18)23(27)22(26)17-8-11-19(12-9-17)24(28,29)30/h8-16H,2-7H2,1H3. The van der Waals surface area contributed by atoms with Crippen molar-refractivity contribution in [2.45, 2.75) is 57.5 Å². The summed E-state index contributed by atoms with van der Waals surface area (Å²) < 4.78 is 81.4. The first-order chi connectivity index (χ1) is 14.2. The fraction of sp³-hybridized carbons (Fsp3) is 0.417. The fourth-order valence-corrected chi connectivity index (χ4v) is 4.21. The molecule has 2 aromatic rings. The Bertz CT molecular complexity index is 887. The van der Waals surface area contributed by atoms with E-state index in [0.29, 0.717) is 18.1 Å². The van der Waals surface area contributed by atoms with Crippen LogP contribution in [0.25, 0.3) is 11.7 Å². The Morgan fingerprint density at radius 3 is 2.07 bits per heavy atom. The van der Waals surface area contributed by atoms with Crippen molar-refractivity contribution >= 4 is 11.7 Å². The van der Waals surface area contributed by atoms with Crippen molar-refractivity contribution in [2.24, 2.45) is 5.92 Å². The lowest BCUT2D eigenvalue weighted by Gasteiger charge is -2.28. The summed E-state index contributed by atoms with van der Waals surface area (Å²) in [6.45, 7) is 2.16. The number of hydrogen-bond donors (Lipinski definition) is 0. The van der Waals surface area contributed by atoms with Gasteiger partial charge in [0.05, 0.1) is 5.56 Å². The molecule has 0 spiro atoms. The quantitative estimate of drug-likeness (QED) is 0.331. The zero-order valence-electron chi connectivity index (χ0n) is 16.7. The minimum atomic E-state index is -4.57. The van der Waals surface area contributed by atoms with Crippen LogP contribution in [0.5, 0.6) is 0 Å². The molecule has 30 heavy (non-hydrogen) atoms. The molecule has 0 atom stereocenters. The highest BCUT2D eigenvalue weighted by atomic mass is 19.4. The summed E-state index contributed by atoms with van der Waals surface area (Å²) in [6, 6.07) is 7.06. The Balaban J connectivity index is 1.78. The predicted octanol–water partition coefficient (Wildman–Crippen LogP) is 8.68. The van der Waals surface area contributed by atoms with E-state index in [2.05, 4.69) is 6.92 Å². The van der Waals surface area contributed by atoms with Crippen LogP contribution in [0.4, 0.5) is 26.3 Å². The van der Waals surface area contributed by atoms with E-state index in [9.17, 15) is 26.3 Å². The Kier molecular flexibility index (Phi) is 6.94. The number of hydrogen-bond acceptors (Lipinski definition) is 0. The highest BCUT2D eigenvalue weighted by molar-refractivity contribution is 5.83. The highest BCUT2D eigenvalue weighted by Crippen LogP contribution is 2.39. The van der Waals surface area contributed by atoms with E-state index < -0.39 is 34.8 Å². The Hall–Kier alpha value is -2.24. The van der Waals surface area contributed by atoms with Crippen molar-refractivity contribution in [3.63, 3.8) is 0 Å². The molecular weight excluding hydrogens is 402 g/mol. The zero-order chi connectivity index (χ0) is 21.9. The maximum absolute atomic E-state index is 14.6. The minimum absolute atomic E-state index is 0.202. The summed E-state index contributed by atoms with van der Waals surface area (Å²) in [4.78, 5) is 0. The van der Waals surface area contributed by atoms with Crippen molar-refractivity contribution in [1.82, 2.24) is 0 Å². The summed E-state index contributed by atoms with van der Waals surface area (Å²) in [5.74, 6) is -2.79. The predicted molar refractivity (Wildman–Crippen MR) is 106 cm³/mol. The van der Waals surface area contributed by atoms with Gasteiger partial charge in [0.25, 0.3) is 0 Å². The molecule has 0 nitrogen and oxygen atoms in total. The topological polar surface area (TPSA) is 0 Å². The van der Waals surface area contributed by atoms with Crippen molar-refractivity contribution in [3.8, 4) is 0 Å². The molecule has 0 aromatic heterocycles. The fourth-order valence-electron chi connectivity index (χ4n) is 4.21. The van der Waals surface area contributed by atoms with Crippen molar-refractivity contribution in [1.29, 1.82) is 0 Å². The van der Waals surface area contributed by atoms with Gasteiger partial charge in [0.1, 0.15) is 5.82 Å². The third kappa shape index (κ3) is 5.08. The second kappa shape index (κ2) is 9.27. The van der Waals surface area contributed by atoms with E-state index in [0.717, 1.165) is 49.8 Å². The molecule has 0 heterocycles. The molecule has 0 bridgehead atoms. The van der Waals surface area contributed by atoms with Gasteiger partial charge in [-0.15, -0.1) is 0 Å². The van der Waals surface area contributed by atoms with E-state index in [1.807, 2.05) is 0 Å². The SMILES string of the molecule is CCCC1CCC(c2ccc(C(F)=C(F)c3ccc(C(F)(F)F)cc3)c(F)c2)CC1. The van der Waals surface area contributed by atoms with Crippen molar-refractivity contribution in [3.05, 3.63) is 70.5 Å². The smallest absolute Gasteiger partial charge is 0.206 e. The van der Waals surface area contributed by atoms with Gasteiger partial charge in [0.2, 0.25) is 0 Å².